The highest BCUT2D eigenvalue weighted by Crippen LogP contribution is 2.27. The van der Waals surface area contributed by atoms with E-state index in [-0.39, 0.29) is 0 Å². The van der Waals surface area contributed by atoms with Gasteiger partial charge < -0.3 is 5.32 Å². The summed E-state index contributed by atoms with van der Waals surface area (Å²) >= 11 is 0. The summed E-state index contributed by atoms with van der Waals surface area (Å²) in [5.41, 5.74) is 2.67. The van der Waals surface area contributed by atoms with E-state index >= 15 is 0 Å². The SMILES string of the molecule is CCNC(c1cc(C)nnc1CC)c1cccc(F)c1F. The molecule has 1 heterocycles. The Balaban J connectivity index is 2.58. The van der Waals surface area contributed by atoms with E-state index in [2.05, 4.69) is 15.5 Å². The third-order valence-corrected chi connectivity index (χ3v) is 3.37. The van der Waals surface area contributed by atoms with Gasteiger partial charge in [-0.3, -0.25) is 0 Å². The third kappa shape index (κ3) is 3.24. The van der Waals surface area contributed by atoms with Gasteiger partial charge >= 0.3 is 0 Å². The summed E-state index contributed by atoms with van der Waals surface area (Å²) in [5, 5.41) is 11.4. The molecule has 1 N–H and O–H groups in total. The van der Waals surface area contributed by atoms with E-state index in [0.717, 1.165) is 23.0 Å². The number of aromatic nitrogens is 2. The van der Waals surface area contributed by atoms with Crippen molar-refractivity contribution in [2.24, 2.45) is 0 Å². The lowest BCUT2D eigenvalue weighted by atomic mass is 9.95. The van der Waals surface area contributed by atoms with Crippen LogP contribution in [0.3, 0.4) is 0 Å². The molecule has 1 aromatic carbocycles. The highest BCUT2D eigenvalue weighted by atomic mass is 19.2. The smallest absolute Gasteiger partial charge is 0.163 e. The first-order valence-corrected chi connectivity index (χ1v) is 7.08. The molecule has 5 heteroatoms. The van der Waals surface area contributed by atoms with Crippen molar-refractivity contribution in [1.82, 2.24) is 15.5 Å². The van der Waals surface area contributed by atoms with Gasteiger partial charge in [-0.1, -0.05) is 26.0 Å². The highest BCUT2D eigenvalue weighted by Gasteiger charge is 2.22. The maximum absolute atomic E-state index is 14.1. The Kier molecular flexibility index (Phi) is 4.96. The van der Waals surface area contributed by atoms with Crippen molar-refractivity contribution in [2.75, 3.05) is 6.54 Å². The first-order chi connectivity index (χ1) is 10.1. The quantitative estimate of drug-likeness (QED) is 0.918. The fraction of sp³-hybridized carbons (Fsp3) is 0.375. The van der Waals surface area contributed by atoms with E-state index < -0.39 is 17.7 Å². The maximum atomic E-state index is 14.1. The maximum Gasteiger partial charge on any atom is 0.163 e. The molecule has 0 aliphatic rings. The number of aryl methyl sites for hydroxylation is 2. The number of halogens is 2. The standard InChI is InChI=1S/C16H19F2N3/c1-4-14-12(9-10(3)20-21-14)16(19-5-2)11-7-6-8-13(17)15(11)18/h6-9,16,19H,4-5H2,1-3H3. The van der Waals surface area contributed by atoms with Gasteiger partial charge in [0.05, 0.1) is 17.4 Å². The molecular weight excluding hydrogens is 272 g/mol. The monoisotopic (exact) mass is 291 g/mol. The van der Waals surface area contributed by atoms with Crippen LogP contribution < -0.4 is 5.32 Å². The molecule has 0 spiro atoms. The van der Waals surface area contributed by atoms with E-state index in [4.69, 9.17) is 0 Å². The number of benzene rings is 1. The summed E-state index contributed by atoms with van der Waals surface area (Å²) in [6, 6.07) is 5.68. The van der Waals surface area contributed by atoms with Crippen molar-refractivity contribution in [3.63, 3.8) is 0 Å². The van der Waals surface area contributed by atoms with Crippen LogP contribution in [0, 0.1) is 18.6 Å². The zero-order valence-electron chi connectivity index (χ0n) is 12.5. The molecule has 0 aliphatic carbocycles. The average Bonchev–Trinajstić information content (AvgIpc) is 2.48. The summed E-state index contributed by atoms with van der Waals surface area (Å²) in [4.78, 5) is 0. The highest BCUT2D eigenvalue weighted by molar-refractivity contribution is 5.36. The fourth-order valence-electron chi connectivity index (χ4n) is 2.39. The summed E-state index contributed by atoms with van der Waals surface area (Å²) in [6.45, 7) is 6.36. The van der Waals surface area contributed by atoms with Crippen LogP contribution in [0.2, 0.25) is 0 Å². The van der Waals surface area contributed by atoms with Crippen molar-refractivity contribution in [3.05, 3.63) is 58.4 Å². The summed E-state index contributed by atoms with van der Waals surface area (Å²) < 4.78 is 27.7. The van der Waals surface area contributed by atoms with Crippen molar-refractivity contribution in [2.45, 2.75) is 33.2 Å². The van der Waals surface area contributed by atoms with E-state index in [1.165, 1.54) is 6.07 Å². The molecule has 1 aromatic heterocycles. The number of nitrogens with zero attached hydrogens (tertiary/aromatic N) is 2. The van der Waals surface area contributed by atoms with Crippen LogP contribution in [0.5, 0.6) is 0 Å². The van der Waals surface area contributed by atoms with Gasteiger partial charge in [0.1, 0.15) is 0 Å². The first kappa shape index (κ1) is 15.5. The Hall–Kier alpha value is -1.88. The van der Waals surface area contributed by atoms with Crippen LogP contribution in [0.1, 0.15) is 42.4 Å². The van der Waals surface area contributed by atoms with Gasteiger partial charge in [0.2, 0.25) is 0 Å². The van der Waals surface area contributed by atoms with Gasteiger partial charge in [-0.15, -0.1) is 0 Å². The number of hydrogen-bond donors (Lipinski definition) is 1. The van der Waals surface area contributed by atoms with Crippen molar-refractivity contribution in [3.8, 4) is 0 Å². The zero-order chi connectivity index (χ0) is 15.4. The molecule has 1 atom stereocenters. The second kappa shape index (κ2) is 6.72. The minimum absolute atomic E-state index is 0.291. The Bertz CT molecular complexity index is 629. The second-order valence-electron chi connectivity index (χ2n) is 4.88. The molecule has 0 aliphatic heterocycles. The summed E-state index contributed by atoms with van der Waals surface area (Å²) in [7, 11) is 0. The van der Waals surface area contributed by atoms with Crippen LogP contribution in [0.15, 0.2) is 24.3 Å². The molecule has 0 radical (unpaired) electrons. The van der Waals surface area contributed by atoms with Crippen LogP contribution in [0.25, 0.3) is 0 Å². The van der Waals surface area contributed by atoms with E-state index in [0.29, 0.717) is 18.5 Å². The molecule has 112 valence electrons. The van der Waals surface area contributed by atoms with E-state index in [1.54, 1.807) is 6.07 Å². The molecule has 2 rings (SSSR count). The first-order valence-electron chi connectivity index (χ1n) is 7.08. The van der Waals surface area contributed by atoms with Crippen LogP contribution >= 0.6 is 0 Å². The average molecular weight is 291 g/mol. The minimum atomic E-state index is -0.841. The van der Waals surface area contributed by atoms with Crippen molar-refractivity contribution >= 4 is 0 Å². The molecule has 0 bridgehead atoms. The van der Waals surface area contributed by atoms with Crippen molar-refractivity contribution < 1.29 is 8.78 Å². The minimum Gasteiger partial charge on any atom is -0.306 e. The molecule has 0 saturated heterocycles. The molecule has 3 nitrogen and oxygen atoms in total. The van der Waals surface area contributed by atoms with Gasteiger partial charge in [-0.05, 0) is 37.6 Å². The van der Waals surface area contributed by atoms with Gasteiger partial charge in [0.15, 0.2) is 11.6 Å². The molecule has 0 saturated carbocycles. The Morgan fingerprint density at radius 2 is 1.90 bits per heavy atom. The largest absolute Gasteiger partial charge is 0.306 e. The lowest BCUT2D eigenvalue weighted by molar-refractivity contribution is 0.481. The van der Waals surface area contributed by atoms with Crippen molar-refractivity contribution in [1.29, 1.82) is 0 Å². The van der Waals surface area contributed by atoms with Gasteiger partial charge in [-0.2, -0.15) is 10.2 Å². The second-order valence-corrected chi connectivity index (χ2v) is 4.88. The molecule has 0 fully saturated rings. The molecule has 2 aromatic rings. The summed E-state index contributed by atoms with van der Waals surface area (Å²) in [5.74, 6) is -1.66. The molecule has 0 amide bonds. The topological polar surface area (TPSA) is 37.8 Å². The number of hydrogen-bond acceptors (Lipinski definition) is 3. The van der Waals surface area contributed by atoms with Crippen LogP contribution in [-0.4, -0.2) is 16.7 Å². The predicted molar refractivity (Wildman–Crippen MR) is 78.0 cm³/mol. The van der Waals surface area contributed by atoms with E-state index in [1.807, 2.05) is 26.8 Å². The normalized spacial score (nSPS) is 12.4. The zero-order valence-corrected chi connectivity index (χ0v) is 12.5. The van der Waals surface area contributed by atoms with Crippen LogP contribution in [0.4, 0.5) is 8.78 Å². The van der Waals surface area contributed by atoms with E-state index in [9.17, 15) is 8.78 Å². The number of nitrogens with one attached hydrogen (secondary N) is 1. The third-order valence-electron chi connectivity index (χ3n) is 3.37. The van der Waals surface area contributed by atoms with Crippen LogP contribution in [-0.2, 0) is 6.42 Å². The molecular formula is C16H19F2N3. The lowest BCUT2D eigenvalue weighted by Crippen LogP contribution is -2.25. The number of rotatable bonds is 5. The van der Waals surface area contributed by atoms with Gasteiger partial charge in [0.25, 0.3) is 0 Å². The Morgan fingerprint density at radius 3 is 2.57 bits per heavy atom. The Morgan fingerprint density at radius 1 is 1.14 bits per heavy atom. The Labute approximate surface area is 123 Å². The predicted octanol–water partition coefficient (Wildman–Crippen LogP) is 3.32. The summed E-state index contributed by atoms with van der Waals surface area (Å²) in [6.07, 6.45) is 0.682. The molecule has 21 heavy (non-hydrogen) atoms. The fourth-order valence-corrected chi connectivity index (χ4v) is 2.39. The molecule has 1 unspecified atom stereocenters. The lowest BCUT2D eigenvalue weighted by Gasteiger charge is -2.21. The van der Waals surface area contributed by atoms with Gasteiger partial charge in [-0.25, -0.2) is 8.78 Å². The van der Waals surface area contributed by atoms with Gasteiger partial charge in [0, 0.05) is 5.56 Å².